The molecule has 0 saturated carbocycles. The maximum absolute atomic E-state index is 6.23. The average Bonchev–Trinajstić information content (AvgIpc) is 3.50. The van der Waals surface area contributed by atoms with Crippen molar-refractivity contribution in [2.45, 2.75) is 0 Å². The van der Waals surface area contributed by atoms with Gasteiger partial charge in [-0.05, 0) is 57.3 Å². The van der Waals surface area contributed by atoms with E-state index in [-0.39, 0.29) is 0 Å². The van der Waals surface area contributed by atoms with Crippen LogP contribution in [-0.4, -0.2) is 9.97 Å². The van der Waals surface area contributed by atoms with Crippen LogP contribution in [0.3, 0.4) is 0 Å². The minimum Gasteiger partial charge on any atom is -0.456 e. The second-order valence-electron chi connectivity index (χ2n) is 11.3. The molecule has 0 amide bonds. The van der Waals surface area contributed by atoms with Crippen LogP contribution in [0.25, 0.3) is 88.5 Å². The van der Waals surface area contributed by atoms with E-state index in [0.717, 1.165) is 61.1 Å². The lowest BCUT2D eigenvalue weighted by Crippen LogP contribution is -1.95. The number of benzene rings is 7. The summed E-state index contributed by atoms with van der Waals surface area (Å²) in [5.74, 6) is 0.722. The van der Waals surface area contributed by atoms with Crippen molar-refractivity contribution in [2.24, 2.45) is 0 Å². The Morgan fingerprint density at radius 3 is 1.82 bits per heavy atom. The number of aromatic nitrogens is 2. The molecule has 0 radical (unpaired) electrons. The highest BCUT2D eigenvalue weighted by molar-refractivity contribution is 6.16. The van der Waals surface area contributed by atoms with Crippen LogP contribution in [0.1, 0.15) is 0 Å². The van der Waals surface area contributed by atoms with Gasteiger partial charge in [0.2, 0.25) is 0 Å². The zero-order valence-electron chi connectivity index (χ0n) is 24.3. The number of rotatable bonds is 4. The number of hydrogen-bond donors (Lipinski definition) is 0. The second-order valence-corrected chi connectivity index (χ2v) is 11.3. The fourth-order valence-corrected chi connectivity index (χ4v) is 6.61. The van der Waals surface area contributed by atoms with Gasteiger partial charge in [-0.3, -0.25) is 0 Å². The Morgan fingerprint density at radius 2 is 1.02 bits per heavy atom. The third kappa shape index (κ3) is 4.21. The summed E-state index contributed by atoms with van der Waals surface area (Å²) in [7, 11) is 0. The fraction of sp³-hybridized carbons (Fsp3) is 0. The minimum atomic E-state index is 0.722. The molecule has 0 aliphatic rings. The molecule has 3 heteroatoms. The van der Waals surface area contributed by atoms with Crippen LogP contribution >= 0.6 is 0 Å². The number of furan rings is 1. The highest BCUT2D eigenvalue weighted by atomic mass is 16.3. The Labute approximate surface area is 260 Å². The van der Waals surface area contributed by atoms with Crippen LogP contribution in [0.5, 0.6) is 0 Å². The molecule has 0 bridgehead atoms. The summed E-state index contributed by atoms with van der Waals surface area (Å²) >= 11 is 0. The van der Waals surface area contributed by atoms with Crippen LogP contribution in [0.2, 0.25) is 0 Å². The van der Waals surface area contributed by atoms with Crippen molar-refractivity contribution >= 4 is 43.6 Å². The van der Waals surface area contributed by atoms with Crippen molar-refractivity contribution in [1.29, 1.82) is 0 Å². The van der Waals surface area contributed by atoms with E-state index in [0.29, 0.717) is 0 Å². The Kier molecular flexibility index (Phi) is 5.82. The SMILES string of the molecule is c1ccc(-c2nc(-c3ccccc3)c3ccc(-c4ccc(-c5cccc6oc7ccccc7c56)c5ccccc45)cc3n2)cc1. The van der Waals surface area contributed by atoms with Crippen molar-refractivity contribution in [3.8, 4) is 44.9 Å². The molecule has 45 heavy (non-hydrogen) atoms. The van der Waals surface area contributed by atoms with Crippen LogP contribution < -0.4 is 0 Å². The third-order valence-electron chi connectivity index (χ3n) is 8.70. The molecule has 0 aliphatic carbocycles. The third-order valence-corrected chi connectivity index (χ3v) is 8.70. The van der Waals surface area contributed by atoms with Gasteiger partial charge in [-0.25, -0.2) is 9.97 Å². The summed E-state index contributed by atoms with van der Waals surface area (Å²) in [5, 5.41) is 5.71. The van der Waals surface area contributed by atoms with Gasteiger partial charge in [0.15, 0.2) is 5.82 Å². The molecule has 3 nitrogen and oxygen atoms in total. The zero-order valence-corrected chi connectivity index (χ0v) is 24.3. The van der Waals surface area contributed by atoms with Crippen LogP contribution in [-0.2, 0) is 0 Å². The number of hydrogen-bond acceptors (Lipinski definition) is 3. The van der Waals surface area contributed by atoms with E-state index in [9.17, 15) is 0 Å². The van der Waals surface area contributed by atoms with Gasteiger partial charge in [0, 0.05) is 27.3 Å². The molecule has 0 spiro atoms. The van der Waals surface area contributed by atoms with Gasteiger partial charge >= 0.3 is 0 Å². The molecule has 9 rings (SSSR count). The van der Waals surface area contributed by atoms with Crippen molar-refractivity contribution in [3.05, 3.63) is 158 Å². The largest absolute Gasteiger partial charge is 0.456 e. The van der Waals surface area contributed by atoms with E-state index in [4.69, 9.17) is 14.4 Å². The molecule has 210 valence electrons. The molecule has 7 aromatic carbocycles. The predicted molar refractivity (Wildman–Crippen MR) is 186 cm³/mol. The molecule has 0 fully saturated rings. The zero-order chi connectivity index (χ0) is 29.7. The maximum Gasteiger partial charge on any atom is 0.160 e. The monoisotopic (exact) mass is 574 g/mol. The molecule has 0 atom stereocenters. The maximum atomic E-state index is 6.23. The number of para-hydroxylation sites is 1. The first-order chi connectivity index (χ1) is 22.3. The topological polar surface area (TPSA) is 38.9 Å². The van der Waals surface area contributed by atoms with E-state index in [2.05, 4.69) is 121 Å². The fourth-order valence-electron chi connectivity index (χ4n) is 6.61. The van der Waals surface area contributed by atoms with Crippen molar-refractivity contribution in [3.63, 3.8) is 0 Å². The van der Waals surface area contributed by atoms with Gasteiger partial charge in [0.1, 0.15) is 11.2 Å². The summed E-state index contributed by atoms with van der Waals surface area (Å²) in [5.41, 5.74) is 10.4. The molecule has 2 heterocycles. The van der Waals surface area contributed by atoms with Gasteiger partial charge in [0.05, 0.1) is 11.2 Å². The first kappa shape index (κ1) is 25.4. The van der Waals surface area contributed by atoms with Gasteiger partial charge in [0.25, 0.3) is 0 Å². The van der Waals surface area contributed by atoms with Gasteiger partial charge in [-0.15, -0.1) is 0 Å². The van der Waals surface area contributed by atoms with E-state index in [1.54, 1.807) is 0 Å². The molecule has 2 aromatic heterocycles. The number of fused-ring (bicyclic) bond motifs is 5. The lowest BCUT2D eigenvalue weighted by Gasteiger charge is -2.14. The summed E-state index contributed by atoms with van der Waals surface area (Å²) < 4.78 is 6.23. The quantitative estimate of drug-likeness (QED) is 0.210. The summed E-state index contributed by atoms with van der Waals surface area (Å²) in [4.78, 5) is 10.2. The molecular weight excluding hydrogens is 548 g/mol. The first-order valence-electron chi connectivity index (χ1n) is 15.2. The smallest absolute Gasteiger partial charge is 0.160 e. The molecule has 9 aromatic rings. The van der Waals surface area contributed by atoms with Gasteiger partial charge in [-0.1, -0.05) is 133 Å². The van der Waals surface area contributed by atoms with Crippen molar-refractivity contribution < 1.29 is 4.42 Å². The van der Waals surface area contributed by atoms with Crippen molar-refractivity contribution in [1.82, 2.24) is 9.97 Å². The molecule has 0 unspecified atom stereocenters. The number of nitrogens with zero attached hydrogens (tertiary/aromatic N) is 2. The highest BCUT2D eigenvalue weighted by Crippen LogP contribution is 2.42. The summed E-state index contributed by atoms with van der Waals surface area (Å²) in [6, 6.07) is 55.0. The van der Waals surface area contributed by atoms with E-state index in [1.807, 2.05) is 36.4 Å². The predicted octanol–water partition coefficient (Wildman–Crippen LogP) is 11.4. The molecule has 0 saturated heterocycles. The summed E-state index contributed by atoms with van der Waals surface area (Å²) in [6.07, 6.45) is 0. The Hall–Kier alpha value is -6.06. The van der Waals surface area contributed by atoms with Crippen molar-refractivity contribution in [2.75, 3.05) is 0 Å². The normalized spacial score (nSPS) is 11.6. The standard InChI is InChI=1S/C42H26N2O/c1-3-12-27(13-4-1)41-35-23-22-29(26-37(35)43-42(44-41)28-14-5-2-6-15-28)30-24-25-33(32-17-8-7-16-31(30)32)34-19-11-21-39-40(34)36-18-9-10-20-38(36)45-39/h1-26H. The minimum absolute atomic E-state index is 0.722. The molecule has 0 aliphatic heterocycles. The van der Waals surface area contributed by atoms with Crippen LogP contribution in [0, 0.1) is 0 Å². The first-order valence-corrected chi connectivity index (χ1v) is 15.2. The molecule has 0 N–H and O–H groups in total. The van der Waals surface area contributed by atoms with E-state index < -0.39 is 0 Å². The van der Waals surface area contributed by atoms with Gasteiger partial charge in [-0.2, -0.15) is 0 Å². The van der Waals surface area contributed by atoms with Gasteiger partial charge < -0.3 is 4.42 Å². The Bertz CT molecular complexity index is 2530. The molecular formula is C42H26N2O. The van der Waals surface area contributed by atoms with E-state index >= 15 is 0 Å². The Morgan fingerprint density at radius 1 is 0.378 bits per heavy atom. The van der Waals surface area contributed by atoms with Crippen LogP contribution in [0.4, 0.5) is 0 Å². The summed E-state index contributed by atoms with van der Waals surface area (Å²) in [6.45, 7) is 0. The average molecular weight is 575 g/mol. The lowest BCUT2D eigenvalue weighted by atomic mass is 9.90. The second kappa shape index (κ2) is 10.3. The lowest BCUT2D eigenvalue weighted by molar-refractivity contribution is 0.669. The van der Waals surface area contributed by atoms with E-state index in [1.165, 1.54) is 27.5 Å². The highest BCUT2D eigenvalue weighted by Gasteiger charge is 2.17. The Balaban J connectivity index is 1.26. The van der Waals surface area contributed by atoms with Crippen LogP contribution in [0.15, 0.2) is 162 Å².